The van der Waals surface area contributed by atoms with Gasteiger partial charge in [0.25, 0.3) is 0 Å². The van der Waals surface area contributed by atoms with Crippen LogP contribution in [0.3, 0.4) is 0 Å². The number of alkyl halides is 3. The molecule has 38 heavy (non-hydrogen) atoms. The van der Waals surface area contributed by atoms with Crippen molar-refractivity contribution in [2.75, 3.05) is 16.4 Å². The summed E-state index contributed by atoms with van der Waals surface area (Å²) in [6, 6.07) is 7.07. The van der Waals surface area contributed by atoms with Crippen LogP contribution in [0.1, 0.15) is 60.8 Å². The molecule has 0 N–H and O–H groups in total. The van der Waals surface area contributed by atoms with Gasteiger partial charge in [-0.15, -0.1) is 0 Å². The van der Waals surface area contributed by atoms with Crippen molar-refractivity contribution in [1.82, 2.24) is 15.0 Å². The second-order valence-electron chi connectivity index (χ2n) is 9.27. The summed E-state index contributed by atoms with van der Waals surface area (Å²) in [7, 11) is 0. The molecule has 2 atom stereocenters. The van der Waals surface area contributed by atoms with Gasteiger partial charge in [0, 0.05) is 30.7 Å². The first-order chi connectivity index (χ1) is 18.0. The third-order valence-electron chi connectivity index (χ3n) is 6.47. The van der Waals surface area contributed by atoms with Crippen LogP contribution in [0.4, 0.5) is 29.6 Å². The predicted octanol–water partition coefficient (Wildman–Crippen LogP) is 7.16. The summed E-state index contributed by atoms with van der Waals surface area (Å²) in [5, 5.41) is 0. The van der Waals surface area contributed by atoms with Crippen LogP contribution in [0.15, 0.2) is 47.2 Å². The number of ether oxygens (including phenoxy) is 1. The molecule has 202 valence electrons. The van der Waals surface area contributed by atoms with Gasteiger partial charge in [-0.25, -0.2) is 14.8 Å². The number of anilines is 2. The third-order valence-corrected chi connectivity index (χ3v) is 6.88. The molecule has 1 aliphatic rings. The Morgan fingerprint density at radius 3 is 2.50 bits per heavy atom. The zero-order valence-electron chi connectivity index (χ0n) is 21.6. The molecule has 4 rings (SSSR count). The number of fused-ring (bicyclic) bond motifs is 1. The van der Waals surface area contributed by atoms with Crippen LogP contribution >= 0.6 is 15.9 Å². The van der Waals surface area contributed by atoms with E-state index in [9.17, 15) is 18.0 Å². The van der Waals surface area contributed by atoms with Crippen molar-refractivity contribution in [3.63, 3.8) is 0 Å². The van der Waals surface area contributed by atoms with Gasteiger partial charge in [0.05, 0.1) is 34.1 Å². The van der Waals surface area contributed by atoms with Crippen molar-refractivity contribution in [3.8, 4) is 0 Å². The van der Waals surface area contributed by atoms with Gasteiger partial charge in [-0.3, -0.25) is 9.88 Å². The van der Waals surface area contributed by atoms with Gasteiger partial charge in [-0.05, 0) is 79.4 Å². The smallest absolute Gasteiger partial charge is 0.416 e. The van der Waals surface area contributed by atoms with E-state index in [2.05, 4.69) is 25.9 Å². The number of nitrogens with zero attached hydrogens (tertiary/aromatic N) is 5. The van der Waals surface area contributed by atoms with Crippen LogP contribution in [0.5, 0.6) is 0 Å². The Morgan fingerprint density at radius 2 is 1.87 bits per heavy atom. The Balaban J connectivity index is 1.86. The van der Waals surface area contributed by atoms with Crippen molar-refractivity contribution in [1.29, 1.82) is 0 Å². The van der Waals surface area contributed by atoms with Gasteiger partial charge in [0.1, 0.15) is 0 Å². The van der Waals surface area contributed by atoms with E-state index in [4.69, 9.17) is 9.72 Å². The molecule has 7 nitrogen and oxygen atoms in total. The average molecular weight is 592 g/mol. The van der Waals surface area contributed by atoms with Gasteiger partial charge >= 0.3 is 12.3 Å². The van der Waals surface area contributed by atoms with E-state index in [-0.39, 0.29) is 19.2 Å². The summed E-state index contributed by atoms with van der Waals surface area (Å²) in [6.45, 7) is 7.58. The monoisotopic (exact) mass is 591 g/mol. The Bertz CT molecular complexity index is 1300. The maximum atomic E-state index is 13.6. The number of aromatic nitrogens is 3. The summed E-state index contributed by atoms with van der Waals surface area (Å²) in [5.41, 5.74) is 2.25. The lowest BCUT2D eigenvalue weighted by molar-refractivity contribution is -0.137. The van der Waals surface area contributed by atoms with E-state index >= 15 is 0 Å². The molecule has 2 aromatic heterocycles. The largest absolute Gasteiger partial charge is 0.449 e. The molecular weight excluding hydrogens is 563 g/mol. The first kappa shape index (κ1) is 27.8. The first-order valence-corrected chi connectivity index (χ1v) is 13.2. The Labute approximate surface area is 228 Å². The van der Waals surface area contributed by atoms with Gasteiger partial charge < -0.3 is 9.64 Å². The Hall–Kier alpha value is -3.21. The summed E-state index contributed by atoms with van der Waals surface area (Å²) in [6.07, 6.45) is -0.616. The molecule has 1 amide bonds. The molecule has 1 aromatic carbocycles. The molecule has 11 heteroatoms. The number of carbonyl (C=O) groups excluding carboxylic acids is 1. The van der Waals surface area contributed by atoms with Crippen molar-refractivity contribution in [2.24, 2.45) is 0 Å². The van der Waals surface area contributed by atoms with Gasteiger partial charge in [-0.2, -0.15) is 13.2 Å². The minimum atomic E-state index is -4.47. The summed E-state index contributed by atoms with van der Waals surface area (Å²) in [4.78, 5) is 30.3. The van der Waals surface area contributed by atoms with Gasteiger partial charge in [-0.1, -0.05) is 18.6 Å². The Morgan fingerprint density at radius 1 is 1.16 bits per heavy atom. The van der Waals surface area contributed by atoms with Crippen LogP contribution in [0, 0.1) is 13.8 Å². The van der Waals surface area contributed by atoms with Crippen LogP contribution in [-0.4, -0.2) is 33.7 Å². The number of halogens is 4. The molecule has 0 radical (unpaired) electrons. The van der Waals surface area contributed by atoms with Crippen LogP contribution in [-0.2, 0) is 17.5 Å². The topological polar surface area (TPSA) is 71.5 Å². The lowest BCUT2D eigenvalue weighted by atomic mass is 9.91. The quantitative estimate of drug-likeness (QED) is 0.303. The summed E-state index contributed by atoms with van der Waals surface area (Å²) < 4.78 is 46.9. The highest BCUT2D eigenvalue weighted by atomic mass is 79.9. The molecule has 0 saturated carbocycles. The fraction of sp³-hybridized carbons (Fsp3) is 0.407. The number of benzene rings is 1. The predicted molar refractivity (Wildman–Crippen MR) is 142 cm³/mol. The molecule has 3 aromatic rings. The van der Waals surface area contributed by atoms with Crippen molar-refractivity contribution in [3.05, 3.63) is 75.3 Å². The Kier molecular flexibility index (Phi) is 8.25. The van der Waals surface area contributed by atoms with Gasteiger partial charge in [0.15, 0.2) is 0 Å². The number of hydrogen-bond acceptors (Lipinski definition) is 6. The van der Waals surface area contributed by atoms with E-state index in [0.717, 1.165) is 17.8 Å². The normalized spacial score (nSPS) is 17.2. The molecular formula is C27H29BrF3N5O2. The number of pyridine rings is 1. The van der Waals surface area contributed by atoms with Gasteiger partial charge in [0.2, 0.25) is 5.95 Å². The SMILES string of the molecule is CCOC(=O)N1c2ccc(C)nc2[C@@H](N(Cc2cc(C)cc(C(F)(F)F)c2)c2ncc(Br)cn2)C[C@H]1CC. The van der Waals surface area contributed by atoms with Crippen molar-refractivity contribution in [2.45, 2.75) is 65.3 Å². The molecule has 0 spiro atoms. The number of amides is 1. The maximum absolute atomic E-state index is 13.6. The second-order valence-corrected chi connectivity index (χ2v) is 10.2. The zero-order valence-corrected chi connectivity index (χ0v) is 23.2. The first-order valence-electron chi connectivity index (χ1n) is 12.4. The second kappa shape index (κ2) is 11.3. The van der Waals surface area contributed by atoms with Crippen molar-refractivity contribution < 1.29 is 22.7 Å². The highest BCUT2D eigenvalue weighted by molar-refractivity contribution is 9.10. The van der Waals surface area contributed by atoms with Crippen LogP contribution in [0.2, 0.25) is 0 Å². The minimum absolute atomic E-state index is 0.113. The summed E-state index contributed by atoms with van der Waals surface area (Å²) >= 11 is 3.35. The van der Waals surface area contributed by atoms with Crippen LogP contribution < -0.4 is 9.80 Å². The highest BCUT2D eigenvalue weighted by Gasteiger charge is 2.40. The maximum Gasteiger partial charge on any atom is 0.416 e. The average Bonchev–Trinajstić information content (AvgIpc) is 2.86. The fourth-order valence-electron chi connectivity index (χ4n) is 4.84. The number of aryl methyl sites for hydroxylation is 2. The molecule has 0 saturated heterocycles. The van der Waals surface area contributed by atoms with Crippen molar-refractivity contribution >= 4 is 33.7 Å². The molecule has 0 fully saturated rings. The fourth-order valence-corrected chi connectivity index (χ4v) is 5.05. The highest BCUT2D eigenvalue weighted by Crippen LogP contribution is 2.43. The van der Waals surface area contributed by atoms with E-state index in [1.165, 1.54) is 0 Å². The molecule has 0 aliphatic carbocycles. The third kappa shape index (κ3) is 5.92. The molecule has 0 unspecified atom stereocenters. The van der Waals surface area contributed by atoms with E-state index in [1.54, 1.807) is 37.2 Å². The lowest BCUT2D eigenvalue weighted by Crippen LogP contribution is -2.48. The van der Waals surface area contributed by atoms with E-state index in [1.807, 2.05) is 30.9 Å². The van der Waals surface area contributed by atoms with E-state index < -0.39 is 23.9 Å². The molecule has 0 bridgehead atoms. The lowest BCUT2D eigenvalue weighted by Gasteiger charge is -2.43. The zero-order chi connectivity index (χ0) is 27.6. The number of carbonyl (C=O) groups is 1. The summed E-state index contributed by atoms with van der Waals surface area (Å²) in [5.74, 6) is 0.349. The van der Waals surface area contributed by atoms with E-state index in [0.29, 0.717) is 45.8 Å². The number of hydrogen-bond donors (Lipinski definition) is 0. The number of rotatable bonds is 6. The minimum Gasteiger partial charge on any atom is -0.449 e. The van der Waals surface area contributed by atoms with Crippen LogP contribution in [0.25, 0.3) is 0 Å². The standard InChI is InChI=1S/C27H29BrF3N5O2/c1-5-21-12-23(24-22(8-7-17(4)34-24)36(21)26(37)38-6-2)35(25-32-13-20(28)14-33-25)15-18-9-16(3)10-19(11-18)27(29,30)31/h7-11,13-14,21,23H,5-6,12,15H2,1-4H3/t21-,23+/m1/s1. The molecule has 1 aliphatic heterocycles. The molecule has 3 heterocycles.